The summed E-state index contributed by atoms with van der Waals surface area (Å²) in [6, 6.07) is 16.5. The van der Waals surface area contributed by atoms with Crippen molar-refractivity contribution < 1.29 is 4.79 Å². The predicted octanol–water partition coefficient (Wildman–Crippen LogP) is 4.79. The number of hydrogen-bond acceptors (Lipinski definition) is 4. The lowest BCUT2D eigenvalue weighted by molar-refractivity contribution is -0.136. The van der Waals surface area contributed by atoms with E-state index in [0.717, 1.165) is 40.6 Å². The zero-order valence-corrected chi connectivity index (χ0v) is 17.9. The number of halogens is 1. The fourth-order valence-corrected chi connectivity index (χ4v) is 4.93. The molecule has 30 heavy (non-hydrogen) atoms. The first-order valence-corrected chi connectivity index (χ1v) is 11.1. The number of nitrogens with one attached hydrogen (secondary N) is 1. The van der Waals surface area contributed by atoms with Crippen LogP contribution in [0, 0.1) is 0 Å². The van der Waals surface area contributed by atoms with Crippen molar-refractivity contribution in [1.82, 2.24) is 19.8 Å². The van der Waals surface area contributed by atoms with E-state index in [0.29, 0.717) is 13.1 Å². The molecule has 0 aliphatic carbocycles. The zero-order chi connectivity index (χ0) is 20.5. The number of rotatable bonds is 5. The summed E-state index contributed by atoms with van der Waals surface area (Å²) in [5.41, 5.74) is 4.49. The van der Waals surface area contributed by atoms with Crippen molar-refractivity contribution >= 4 is 39.7 Å². The summed E-state index contributed by atoms with van der Waals surface area (Å²) in [6.45, 7) is 3.45. The number of carbonyl (C=O) groups excluding carboxylic acids is 1. The van der Waals surface area contributed by atoms with E-state index < -0.39 is 0 Å². The number of aromatic amines is 1. The first kappa shape index (κ1) is 19.3. The van der Waals surface area contributed by atoms with E-state index in [1.54, 1.807) is 17.5 Å². The van der Waals surface area contributed by atoms with Crippen LogP contribution in [0.15, 0.2) is 60.9 Å². The van der Waals surface area contributed by atoms with Crippen molar-refractivity contribution in [2.75, 3.05) is 19.6 Å². The first-order valence-electron chi connectivity index (χ1n) is 9.90. The molecule has 3 aromatic heterocycles. The zero-order valence-electron chi connectivity index (χ0n) is 16.3. The molecule has 4 aromatic rings. The topological polar surface area (TPSA) is 52.2 Å². The number of H-pyrrole nitrogens is 1. The maximum Gasteiger partial charge on any atom is 0.237 e. The van der Waals surface area contributed by atoms with Gasteiger partial charge in [0.2, 0.25) is 5.91 Å². The number of benzene rings is 1. The molecule has 0 bridgehead atoms. The van der Waals surface area contributed by atoms with Gasteiger partial charge >= 0.3 is 0 Å². The van der Waals surface area contributed by atoms with Crippen LogP contribution in [0.5, 0.6) is 0 Å². The van der Waals surface area contributed by atoms with Crippen LogP contribution in [0.25, 0.3) is 21.3 Å². The summed E-state index contributed by atoms with van der Waals surface area (Å²) >= 11 is 7.62. The molecule has 5 nitrogen and oxygen atoms in total. The molecular formula is C23H21ClN4OS. The summed E-state index contributed by atoms with van der Waals surface area (Å²) in [5.74, 6) is 0.169. The van der Waals surface area contributed by atoms with Crippen LogP contribution < -0.4 is 0 Å². The van der Waals surface area contributed by atoms with E-state index in [1.807, 2.05) is 29.3 Å². The van der Waals surface area contributed by atoms with Gasteiger partial charge in [-0.05, 0) is 35.4 Å². The summed E-state index contributed by atoms with van der Waals surface area (Å²) in [7, 11) is 0. The maximum atomic E-state index is 12.7. The normalized spacial score (nSPS) is 15.2. The Kier molecular flexibility index (Phi) is 5.29. The molecular weight excluding hydrogens is 416 g/mol. The van der Waals surface area contributed by atoms with Gasteiger partial charge in [0.1, 0.15) is 0 Å². The predicted molar refractivity (Wildman–Crippen MR) is 122 cm³/mol. The summed E-state index contributed by atoms with van der Waals surface area (Å²) in [6.07, 6.45) is 3.61. The van der Waals surface area contributed by atoms with Crippen LogP contribution in [0.3, 0.4) is 0 Å². The molecule has 7 heteroatoms. The fraction of sp³-hybridized carbons (Fsp3) is 0.217. The Morgan fingerprint density at radius 1 is 1.07 bits per heavy atom. The Morgan fingerprint density at radius 3 is 2.67 bits per heavy atom. The van der Waals surface area contributed by atoms with Crippen LogP contribution >= 0.6 is 22.9 Å². The summed E-state index contributed by atoms with van der Waals surface area (Å²) in [4.78, 5) is 25.5. The molecule has 0 unspecified atom stereocenters. The highest BCUT2D eigenvalue weighted by atomic mass is 35.5. The molecule has 1 fully saturated rings. The van der Waals surface area contributed by atoms with E-state index in [1.165, 1.54) is 16.0 Å². The van der Waals surface area contributed by atoms with Gasteiger partial charge in [0.05, 0.1) is 17.4 Å². The van der Waals surface area contributed by atoms with Crippen molar-refractivity contribution in [2.24, 2.45) is 0 Å². The van der Waals surface area contributed by atoms with Crippen LogP contribution in [-0.4, -0.2) is 45.3 Å². The third kappa shape index (κ3) is 4.12. The largest absolute Gasteiger partial charge is 0.357 e. The molecule has 0 spiro atoms. The van der Waals surface area contributed by atoms with Gasteiger partial charge in [-0.1, -0.05) is 35.9 Å². The number of aromatic nitrogens is 2. The number of fused-ring (bicyclic) bond motifs is 1. The quantitative estimate of drug-likeness (QED) is 0.489. The van der Waals surface area contributed by atoms with E-state index in [2.05, 4.69) is 45.2 Å². The lowest BCUT2D eigenvalue weighted by atomic mass is 10.1. The van der Waals surface area contributed by atoms with Crippen LogP contribution in [0.2, 0.25) is 4.34 Å². The van der Waals surface area contributed by atoms with Crippen molar-refractivity contribution in [3.63, 3.8) is 0 Å². The van der Waals surface area contributed by atoms with Gasteiger partial charge in [0.15, 0.2) is 0 Å². The maximum absolute atomic E-state index is 12.7. The van der Waals surface area contributed by atoms with Gasteiger partial charge in [0, 0.05) is 53.5 Å². The lowest BCUT2D eigenvalue weighted by Gasteiger charge is -2.34. The third-order valence-corrected chi connectivity index (χ3v) is 6.73. The number of carbonyl (C=O) groups is 1. The highest BCUT2D eigenvalue weighted by Gasteiger charge is 2.24. The third-order valence-electron chi connectivity index (χ3n) is 5.45. The number of amides is 1. The van der Waals surface area contributed by atoms with E-state index >= 15 is 0 Å². The average Bonchev–Trinajstić information content (AvgIpc) is 3.36. The Labute approximate surface area is 183 Å². The summed E-state index contributed by atoms with van der Waals surface area (Å²) < 4.78 is 0.801. The molecule has 4 heterocycles. The minimum atomic E-state index is 0.169. The molecule has 1 aromatic carbocycles. The van der Waals surface area contributed by atoms with E-state index in [9.17, 15) is 4.79 Å². The Balaban J connectivity index is 1.19. The number of thiophene rings is 1. The monoisotopic (exact) mass is 436 g/mol. The molecule has 1 saturated heterocycles. The highest BCUT2D eigenvalue weighted by Crippen LogP contribution is 2.31. The molecule has 5 rings (SSSR count). The number of nitrogens with zero attached hydrogens (tertiary/aromatic N) is 3. The number of piperazine rings is 1. The standard InChI is InChI=1S/C23H21ClN4OS/c24-22-6-5-21(30-22)17-3-1-16(2-4-17)13-27-9-10-28(23(29)15-27)14-19-11-18-12-25-8-7-20(18)26-19/h1-8,11-12,26H,9-10,13-15H2. The highest BCUT2D eigenvalue weighted by molar-refractivity contribution is 7.19. The van der Waals surface area contributed by atoms with E-state index in [-0.39, 0.29) is 5.91 Å². The second kappa shape index (κ2) is 8.22. The van der Waals surface area contributed by atoms with Gasteiger partial charge < -0.3 is 9.88 Å². The molecule has 1 N–H and O–H groups in total. The molecule has 152 valence electrons. The molecule has 0 saturated carbocycles. The van der Waals surface area contributed by atoms with Crippen LogP contribution in [0.4, 0.5) is 0 Å². The van der Waals surface area contributed by atoms with Gasteiger partial charge in [-0.15, -0.1) is 11.3 Å². The van der Waals surface area contributed by atoms with Crippen LogP contribution in [0.1, 0.15) is 11.3 Å². The second-order valence-corrected chi connectivity index (χ2v) is 9.30. The van der Waals surface area contributed by atoms with Crippen molar-refractivity contribution in [3.05, 3.63) is 76.5 Å². The minimum Gasteiger partial charge on any atom is -0.357 e. The van der Waals surface area contributed by atoms with Gasteiger partial charge in [-0.2, -0.15) is 0 Å². The SMILES string of the molecule is O=C1CN(Cc2ccc(-c3ccc(Cl)s3)cc2)CCN1Cc1cc2cnccc2[nH]1. The van der Waals surface area contributed by atoms with Gasteiger partial charge in [0.25, 0.3) is 0 Å². The summed E-state index contributed by atoms with van der Waals surface area (Å²) in [5, 5.41) is 1.08. The second-order valence-electron chi connectivity index (χ2n) is 7.58. The van der Waals surface area contributed by atoms with Crippen molar-refractivity contribution in [1.29, 1.82) is 0 Å². The molecule has 1 aliphatic heterocycles. The Morgan fingerprint density at radius 2 is 1.93 bits per heavy atom. The van der Waals surface area contributed by atoms with Crippen LogP contribution in [-0.2, 0) is 17.9 Å². The van der Waals surface area contributed by atoms with E-state index in [4.69, 9.17) is 11.6 Å². The first-order chi connectivity index (χ1) is 14.6. The molecule has 0 radical (unpaired) electrons. The van der Waals surface area contributed by atoms with Gasteiger partial charge in [-0.3, -0.25) is 14.7 Å². The van der Waals surface area contributed by atoms with Gasteiger partial charge in [-0.25, -0.2) is 0 Å². The molecule has 1 aliphatic rings. The molecule has 0 atom stereocenters. The fourth-order valence-electron chi connectivity index (χ4n) is 3.88. The smallest absolute Gasteiger partial charge is 0.237 e. The minimum absolute atomic E-state index is 0.169. The lowest BCUT2D eigenvalue weighted by Crippen LogP contribution is -2.49. The average molecular weight is 437 g/mol. The molecule has 1 amide bonds. The van der Waals surface area contributed by atoms with Crippen molar-refractivity contribution in [2.45, 2.75) is 13.1 Å². The Hall–Kier alpha value is -2.67. The number of hydrogen-bond donors (Lipinski definition) is 1. The Bertz CT molecular complexity index is 1150. The van der Waals surface area contributed by atoms with Crippen molar-refractivity contribution in [3.8, 4) is 10.4 Å². The number of pyridine rings is 1.